The summed E-state index contributed by atoms with van der Waals surface area (Å²) < 4.78 is 41.6. The van der Waals surface area contributed by atoms with Crippen molar-refractivity contribution in [2.45, 2.75) is 57.6 Å². The molecule has 0 radical (unpaired) electrons. The lowest BCUT2D eigenvalue weighted by molar-refractivity contribution is 0.0223. The molecule has 1 N–H and O–H groups in total. The van der Waals surface area contributed by atoms with Gasteiger partial charge in [0, 0.05) is 43.7 Å². The molecule has 1 amide bonds. The average molecular weight is 717 g/mol. The number of fused-ring (bicyclic) bond motifs is 2. The molecular weight excluding hydrogens is 677 g/mol. The number of ether oxygens (including phenoxy) is 2. The zero-order chi connectivity index (χ0) is 36.5. The molecule has 1 aliphatic heterocycles. The molecule has 0 unspecified atom stereocenters. The van der Waals surface area contributed by atoms with Gasteiger partial charge in [0.15, 0.2) is 5.65 Å². The van der Waals surface area contributed by atoms with Gasteiger partial charge in [-0.2, -0.15) is 0 Å². The molecule has 12 heteroatoms. The van der Waals surface area contributed by atoms with E-state index in [1.54, 1.807) is 47.5 Å². The van der Waals surface area contributed by atoms with Crippen LogP contribution in [0.1, 0.15) is 43.0 Å². The van der Waals surface area contributed by atoms with Gasteiger partial charge in [-0.15, -0.1) is 0 Å². The number of amides is 1. The highest BCUT2D eigenvalue weighted by molar-refractivity contribution is 7.90. The molecular formula is C40H40N6O5S. The number of pyridine rings is 1. The molecule has 1 aliphatic rings. The molecule has 52 heavy (non-hydrogen) atoms. The van der Waals surface area contributed by atoms with E-state index in [4.69, 9.17) is 9.47 Å². The van der Waals surface area contributed by atoms with Crippen LogP contribution in [-0.4, -0.2) is 57.0 Å². The van der Waals surface area contributed by atoms with Crippen molar-refractivity contribution in [2.24, 2.45) is 0 Å². The lowest BCUT2D eigenvalue weighted by Crippen LogP contribution is -2.39. The lowest BCUT2D eigenvalue weighted by atomic mass is 10.00. The lowest BCUT2D eigenvalue weighted by Gasteiger charge is -2.31. The highest BCUT2D eigenvalue weighted by atomic mass is 32.2. The topological polar surface area (TPSA) is 129 Å². The number of rotatable bonds is 9. The number of hydrogen-bond donors (Lipinski definition) is 1. The van der Waals surface area contributed by atoms with Crippen LogP contribution < -0.4 is 10.1 Å². The highest BCUT2D eigenvalue weighted by Gasteiger charge is 2.28. The Hall–Kier alpha value is -5.75. The Bertz CT molecular complexity index is 2350. The number of aryl methyl sites for hydroxylation is 1. The molecule has 0 saturated carbocycles. The number of carbonyl (C=O) groups is 1. The van der Waals surface area contributed by atoms with Crippen LogP contribution in [0, 0.1) is 6.92 Å². The maximum Gasteiger partial charge on any atom is 0.410 e. The summed E-state index contributed by atoms with van der Waals surface area (Å²) in [6, 6.07) is 26.2. The van der Waals surface area contributed by atoms with Crippen molar-refractivity contribution in [3.05, 3.63) is 126 Å². The normalized spacial score (nSPS) is 13.1. The van der Waals surface area contributed by atoms with Crippen molar-refractivity contribution in [3.63, 3.8) is 0 Å². The van der Waals surface area contributed by atoms with Crippen molar-refractivity contribution in [2.75, 3.05) is 18.4 Å². The van der Waals surface area contributed by atoms with Crippen LogP contribution in [0.2, 0.25) is 0 Å². The minimum absolute atomic E-state index is 0.129. The molecule has 266 valence electrons. The molecule has 0 atom stereocenters. The number of benzene rings is 3. The van der Waals surface area contributed by atoms with Gasteiger partial charge < -0.3 is 19.7 Å². The van der Waals surface area contributed by atoms with Crippen LogP contribution in [0.4, 0.5) is 10.6 Å². The van der Waals surface area contributed by atoms with E-state index in [0.717, 1.165) is 23.1 Å². The molecule has 11 nitrogen and oxygen atoms in total. The predicted octanol–water partition coefficient (Wildman–Crippen LogP) is 7.78. The molecule has 0 bridgehead atoms. The number of nitrogens with zero attached hydrogens (tertiary/aromatic N) is 5. The number of hydrogen-bond acceptors (Lipinski definition) is 9. The van der Waals surface area contributed by atoms with E-state index in [2.05, 4.69) is 32.4 Å². The summed E-state index contributed by atoms with van der Waals surface area (Å²) in [6.45, 7) is 9.03. The molecule has 0 spiro atoms. The fourth-order valence-electron chi connectivity index (χ4n) is 6.17. The zero-order valence-electron chi connectivity index (χ0n) is 29.5. The molecule has 7 rings (SSSR count). The van der Waals surface area contributed by atoms with E-state index < -0.39 is 15.6 Å². The fourth-order valence-corrected chi connectivity index (χ4v) is 7.49. The second-order valence-corrected chi connectivity index (χ2v) is 15.6. The summed E-state index contributed by atoms with van der Waals surface area (Å²) in [6.07, 6.45) is 5.65. The Kier molecular flexibility index (Phi) is 9.41. The van der Waals surface area contributed by atoms with E-state index in [-0.39, 0.29) is 16.6 Å². The minimum Gasteiger partial charge on any atom is -0.457 e. The molecule has 0 saturated heterocycles. The molecule has 3 aromatic carbocycles. The quantitative estimate of drug-likeness (QED) is 0.160. The molecule has 0 fully saturated rings. The highest BCUT2D eigenvalue weighted by Crippen LogP contribution is 2.40. The van der Waals surface area contributed by atoms with Gasteiger partial charge in [-0.05, 0) is 87.6 Å². The van der Waals surface area contributed by atoms with Gasteiger partial charge in [0.2, 0.25) is 0 Å². The summed E-state index contributed by atoms with van der Waals surface area (Å²) in [5.74, 6) is 1.52. The van der Waals surface area contributed by atoms with Gasteiger partial charge in [0.25, 0.3) is 10.0 Å². The third-order valence-corrected chi connectivity index (χ3v) is 10.4. The number of nitrogens with one attached hydrogen (secondary N) is 1. The molecule has 3 aromatic heterocycles. The summed E-state index contributed by atoms with van der Waals surface area (Å²) in [5, 5.41) is 3.84. The second-order valence-electron chi connectivity index (χ2n) is 13.8. The van der Waals surface area contributed by atoms with E-state index in [1.807, 2.05) is 64.1 Å². The molecule has 4 heterocycles. The maximum atomic E-state index is 14.1. The van der Waals surface area contributed by atoms with E-state index in [1.165, 1.54) is 22.1 Å². The number of anilines is 1. The zero-order valence-corrected chi connectivity index (χ0v) is 30.4. The predicted molar refractivity (Wildman–Crippen MR) is 200 cm³/mol. The Morgan fingerprint density at radius 3 is 2.48 bits per heavy atom. The van der Waals surface area contributed by atoms with E-state index in [0.29, 0.717) is 60.0 Å². The Morgan fingerprint density at radius 2 is 1.71 bits per heavy atom. The molecule has 0 aliphatic carbocycles. The van der Waals surface area contributed by atoms with Crippen LogP contribution >= 0.6 is 0 Å². The number of carbonyl (C=O) groups excluding carboxylic acids is 1. The largest absolute Gasteiger partial charge is 0.457 e. The van der Waals surface area contributed by atoms with Crippen molar-refractivity contribution in [3.8, 4) is 22.8 Å². The second kappa shape index (κ2) is 14.1. The standard InChI is InChI=1S/C40H40N6O5S/c1-27-10-14-32(15-11-27)52(48,49)46-25-33(34-23-36(44-26-43-34)41-19-16-28-8-6-5-7-9-28)37-35(17-20-42-38(37)46)50-31-13-12-29-18-21-45(24-30(29)22-31)39(47)51-40(2,3)4/h5-15,17,20,22-23,25-26H,16,18-19,21,24H2,1-4H3,(H,41,43,44). The van der Waals surface area contributed by atoms with Crippen molar-refractivity contribution in [1.29, 1.82) is 0 Å². The number of aromatic nitrogens is 4. The maximum absolute atomic E-state index is 14.1. The van der Waals surface area contributed by atoms with Crippen molar-refractivity contribution < 1.29 is 22.7 Å². The van der Waals surface area contributed by atoms with Crippen molar-refractivity contribution >= 4 is 33.0 Å². The smallest absolute Gasteiger partial charge is 0.410 e. The van der Waals surface area contributed by atoms with Crippen LogP contribution in [0.5, 0.6) is 11.5 Å². The summed E-state index contributed by atoms with van der Waals surface area (Å²) in [7, 11) is -4.06. The Labute approximate surface area is 303 Å². The van der Waals surface area contributed by atoms with E-state index in [9.17, 15) is 13.2 Å². The first-order valence-electron chi connectivity index (χ1n) is 17.1. The van der Waals surface area contributed by atoms with Gasteiger partial charge in [0.1, 0.15) is 29.2 Å². The fraction of sp³-hybridized carbons (Fsp3) is 0.250. The monoisotopic (exact) mass is 716 g/mol. The van der Waals surface area contributed by atoms with Gasteiger partial charge in [-0.1, -0.05) is 54.1 Å². The van der Waals surface area contributed by atoms with Gasteiger partial charge in [0.05, 0.1) is 16.0 Å². The Balaban J connectivity index is 1.26. The van der Waals surface area contributed by atoms with Crippen LogP contribution in [0.3, 0.4) is 0 Å². The Morgan fingerprint density at radius 1 is 0.923 bits per heavy atom. The summed E-state index contributed by atoms with van der Waals surface area (Å²) in [4.78, 5) is 28.2. The van der Waals surface area contributed by atoms with E-state index >= 15 is 0 Å². The molecule has 6 aromatic rings. The van der Waals surface area contributed by atoms with Crippen LogP contribution in [-0.2, 0) is 34.1 Å². The third-order valence-electron chi connectivity index (χ3n) is 8.77. The SMILES string of the molecule is Cc1ccc(S(=O)(=O)n2cc(-c3cc(NCCc4ccccc4)ncn3)c3c(Oc4ccc5c(c4)CN(C(=O)OC(C)(C)C)CC5)ccnc32)cc1. The summed E-state index contributed by atoms with van der Waals surface area (Å²) in [5.41, 5.74) is 4.81. The first-order valence-corrected chi connectivity index (χ1v) is 18.6. The van der Waals surface area contributed by atoms with Gasteiger partial charge in [-0.3, -0.25) is 0 Å². The minimum atomic E-state index is -4.06. The summed E-state index contributed by atoms with van der Waals surface area (Å²) >= 11 is 0. The van der Waals surface area contributed by atoms with Crippen LogP contribution in [0.25, 0.3) is 22.3 Å². The van der Waals surface area contributed by atoms with Crippen molar-refractivity contribution in [1.82, 2.24) is 23.8 Å². The first-order chi connectivity index (χ1) is 24.9. The first kappa shape index (κ1) is 34.7. The third kappa shape index (κ3) is 7.47. The van der Waals surface area contributed by atoms with Gasteiger partial charge in [-0.25, -0.2) is 32.1 Å². The average Bonchev–Trinajstić information content (AvgIpc) is 3.53. The van der Waals surface area contributed by atoms with Crippen LogP contribution in [0.15, 0.2) is 109 Å². The van der Waals surface area contributed by atoms with Gasteiger partial charge >= 0.3 is 6.09 Å².